The number of aryl methyl sites for hydroxylation is 1. The van der Waals surface area contributed by atoms with Crippen molar-refractivity contribution in [2.75, 3.05) is 0 Å². The number of carbonyl (C=O) groups is 1. The van der Waals surface area contributed by atoms with Crippen LogP contribution >= 0.6 is 0 Å². The predicted molar refractivity (Wildman–Crippen MR) is 54.2 cm³/mol. The summed E-state index contributed by atoms with van der Waals surface area (Å²) in [6.45, 7) is 1.40. The van der Waals surface area contributed by atoms with Gasteiger partial charge in [-0.2, -0.15) is 0 Å². The van der Waals surface area contributed by atoms with E-state index in [1.54, 1.807) is 0 Å². The highest BCUT2D eigenvalue weighted by Crippen LogP contribution is 2.26. The smallest absolute Gasteiger partial charge is 0.308 e. The van der Waals surface area contributed by atoms with Crippen molar-refractivity contribution in [3.05, 3.63) is 30.5 Å². The van der Waals surface area contributed by atoms with Crippen LogP contribution in [-0.2, 0) is 11.8 Å². The summed E-state index contributed by atoms with van der Waals surface area (Å²) in [5.74, 6) is 0.331. The van der Waals surface area contributed by atoms with Crippen LogP contribution in [0.15, 0.2) is 30.5 Å². The highest BCUT2D eigenvalue weighted by molar-refractivity contribution is 5.88. The summed E-state index contributed by atoms with van der Waals surface area (Å²) in [4.78, 5) is 10.8. The van der Waals surface area contributed by atoms with Gasteiger partial charge in [-0.05, 0) is 12.1 Å². The van der Waals surface area contributed by atoms with Gasteiger partial charge in [0.2, 0.25) is 0 Å². The summed E-state index contributed by atoms with van der Waals surface area (Å²) < 4.78 is 7.03. The van der Waals surface area contributed by atoms with Crippen LogP contribution in [0.1, 0.15) is 6.92 Å². The van der Waals surface area contributed by atoms with E-state index in [9.17, 15) is 4.79 Å². The number of hydrogen-bond acceptors (Lipinski definition) is 2. The molecule has 3 nitrogen and oxygen atoms in total. The molecule has 0 unspecified atom stereocenters. The van der Waals surface area contributed by atoms with Crippen LogP contribution in [0.4, 0.5) is 0 Å². The van der Waals surface area contributed by atoms with Crippen molar-refractivity contribution in [2.24, 2.45) is 7.05 Å². The van der Waals surface area contributed by atoms with Gasteiger partial charge in [-0.3, -0.25) is 4.79 Å². The first-order valence-electron chi connectivity index (χ1n) is 4.41. The van der Waals surface area contributed by atoms with Crippen LogP contribution in [-0.4, -0.2) is 10.5 Å². The van der Waals surface area contributed by atoms with E-state index in [0.29, 0.717) is 5.75 Å². The van der Waals surface area contributed by atoms with Gasteiger partial charge in [0, 0.05) is 25.6 Å². The Bertz CT molecular complexity index is 485. The standard InChI is InChI=1S/C11H11NO2/c1-8(13)14-11-7-12(2)10-6-4-3-5-9(10)11/h3-7H,1-2H3. The third-order valence-corrected chi connectivity index (χ3v) is 2.11. The van der Waals surface area contributed by atoms with Crippen LogP contribution < -0.4 is 4.74 Å². The zero-order valence-corrected chi connectivity index (χ0v) is 8.15. The van der Waals surface area contributed by atoms with E-state index < -0.39 is 0 Å². The molecule has 0 fully saturated rings. The molecule has 0 N–H and O–H groups in total. The molecule has 2 aromatic rings. The molecule has 3 heteroatoms. The van der Waals surface area contributed by atoms with Gasteiger partial charge in [-0.25, -0.2) is 0 Å². The number of aromatic nitrogens is 1. The fraction of sp³-hybridized carbons (Fsp3) is 0.182. The summed E-state index contributed by atoms with van der Waals surface area (Å²) in [6.07, 6.45) is 1.81. The Kier molecular flexibility index (Phi) is 2.00. The minimum absolute atomic E-state index is 0.290. The van der Waals surface area contributed by atoms with E-state index in [2.05, 4.69) is 0 Å². The molecule has 0 radical (unpaired) electrons. The molecule has 14 heavy (non-hydrogen) atoms. The molecule has 1 aromatic heterocycles. The second-order valence-electron chi connectivity index (χ2n) is 3.22. The van der Waals surface area contributed by atoms with E-state index in [1.807, 2.05) is 42.1 Å². The summed E-state index contributed by atoms with van der Waals surface area (Å²) in [6, 6.07) is 7.81. The summed E-state index contributed by atoms with van der Waals surface area (Å²) in [7, 11) is 1.93. The van der Waals surface area contributed by atoms with E-state index in [0.717, 1.165) is 10.9 Å². The molecule has 2 rings (SSSR count). The van der Waals surface area contributed by atoms with Crippen LogP contribution in [0, 0.1) is 0 Å². The van der Waals surface area contributed by atoms with Crippen LogP contribution in [0.25, 0.3) is 10.9 Å². The van der Waals surface area contributed by atoms with Crippen molar-refractivity contribution in [3.8, 4) is 5.75 Å². The number of carbonyl (C=O) groups excluding carboxylic acids is 1. The number of benzene rings is 1. The number of para-hydroxylation sites is 1. The van der Waals surface area contributed by atoms with Gasteiger partial charge in [0.15, 0.2) is 5.75 Å². The number of rotatable bonds is 1. The van der Waals surface area contributed by atoms with Crippen LogP contribution in [0.3, 0.4) is 0 Å². The number of ether oxygens (including phenoxy) is 1. The Morgan fingerprint density at radius 3 is 2.79 bits per heavy atom. The average molecular weight is 189 g/mol. The van der Waals surface area contributed by atoms with E-state index in [-0.39, 0.29) is 5.97 Å². The maximum atomic E-state index is 10.8. The Hall–Kier alpha value is -1.77. The van der Waals surface area contributed by atoms with Gasteiger partial charge in [-0.1, -0.05) is 12.1 Å². The Labute approximate surface area is 81.9 Å². The van der Waals surface area contributed by atoms with E-state index in [1.165, 1.54) is 6.92 Å². The van der Waals surface area contributed by atoms with Crippen molar-refractivity contribution in [1.82, 2.24) is 4.57 Å². The predicted octanol–water partition coefficient (Wildman–Crippen LogP) is 2.10. The quantitative estimate of drug-likeness (QED) is 0.643. The molecule has 1 heterocycles. The molecule has 0 aliphatic heterocycles. The molecule has 0 spiro atoms. The molecule has 0 atom stereocenters. The first-order valence-corrected chi connectivity index (χ1v) is 4.41. The molecule has 0 amide bonds. The van der Waals surface area contributed by atoms with Crippen LogP contribution in [0.5, 0.6) is 5.75 Å². The molecule has 0 saturated heterocycles. The average Bonchev–Trinajstić information content (AvgIpc) is 2.44. The lowest BCUT2D eigenvalue weighted by Gasteiger charge is -1.96. The topological polar surface area (TPSA) is 31.2 Å². The summed E-state index contributed by atoms with van der Waals surface area (Å²) in [5.41, 5.74) is 1.06. The lowest BCUT2D eigenvalue weighted by molar-refractivity contribution is -0.131. The van der Waals surface area contributed by atoms with Gasteiger partial charge in [0.05, 0.1) is 5.52 Å². The van der Waals surface area contributed by atoms with Gasteiger partial charge < -0.3 is 9.30 Å². The normalized spacial score (nSPS) is 10.4. The SMILES string of the molecule is CC(=O)Oc1cn(C)c2ccccc12. The van der Waals surface area contributed by atoms with Gasteiger partial charge >= 0.3 is 5.97 Å². The van der Waals surface area contributed by atoms with E-state index in [4.69, 9.17) is 4.74 Å². The number of esters is 1. The highest BCUT2D eigenvalue weighted by Gasteiger charge is 2.07. The largest absolute Gasteiger partial charge is 0.424 e. The Morgan fingerprint density at radius 1 is 1.36 bits per heavy atom. The molecule has 0 aliphatic rings. The van der Waals surface area contributed by atoms with Crippen molar-refractivity contribution in [1.29, 1.82) is 0 Å². The molecule has 0 aliphatic carbocycles. The zero-order chi connectivity index (χ0) is 10.1. The summed E-state index contributed by atoms with van der Waals surface area (Å²) >= 11 is 0. The zero-order valence-electron chi connectivity index (χ0n) is 8.15. The minimum atomic E-state index is -0.290. The van der Waals surface area contributed by atoms with Crippen molar-refractivity contribution >= 4 is 16.9 Å². The fourth-order valence-electron chi connectivity index (χ4n) is 1.54. The number of fused-ring (bicyclic) bond motifs is 1. The first kappa shape index (κ1) is 8.81. The highest BCUT2D eigenvalue weighted by atomic mass is 16.5. The van der Waals surface area contributed by atoms with Gasteiger partial charge in [0.25, 0.3) is 0 Å². The van der Waals surface area contributed by atoms with Crippen molar-refractivity contribution < 1.29 is 9.53 Å². The molecule has 1 aromatic carbocycles. The van der Waals surface area contributed by atoms with Gasteiger partial charge in [0.1, 0.15) is 0 Å². The number of nitrogens with zero attached hydrogens (tertiary/aromatic N) is 1. The molecule has 72 valence electrons. The first-order chi connectivity index (χ1) is 6.68. The summed E-state index contributed by atoms with van der Waals surface area (Å²) in [5, 5.41) is 0.963. The Morgan fingerprint density at radius 2 is 2.07 bits per heavy atom. The third-order valence-electron chi connectivity index (χ3n) is 2.11. The second kappa shape index (κ2) is 3.18. The third kappa shape index (κ3) is 1.37. The molecule has 0 saturated carbocycles. The maximum absolute atomic E-state index is 10.8. The Balaban J connectivity index is 2.60. The fourth-order valence-corrected chi connectivity index (χ4v) is 1.54. The molecular formula is C11H11NO2. The van der Waals surface area contributed by atoms with Crippen LogP contribution in [0.2, 0.25) is 0 Å². The van der Waals surface area contributed by atoms with Gasteiger partial charge in [-0.15, -0.1) is 0 Å². The monoisotopic (exact) mass is 189 g/mol. The van der Waals surface area contributed by atoms with Crippen molar-refractivity contribution in [3.63, 3.8) is 0 Å². The molecule has 0 bridgehead atoms. The second-order valence-corrected chi connectivity index (χ2v) is 3.22. The lowest BCUT2D eigenvalue weighted by Crippen LogP contribution is -2.00. The number of hydrogen-bond donors (Lipinski definition) is 0. The van der Waals surface area contributed by atoms with Crippen molar-refractivity contribution in [2.45, 2.75) is 6.92 Å². The molecular weight excluding hydrogens is 178 g/mol. The van der Waals surface area contributed by atoms with E-state index >= 15 is 0 Å². The maximum Gasteiger partial charge on any atom is 0.308 e. The minimum Gasteiger partial charge on any atom is -0.424 e. The lowest BCUT2D eigenvalue weighted by atomic mass is 10.2.